The number of anilines is 2. The Labute approximate surface area is 220 Å². The van der Waals surface area contributed by atoms with Gasteiger partial charge in [0.15, 0.2) is 17.5 Å². The molecule has 4 aromatic rings. The average Bonchev–Trinajstić information content (AvgIpc) is 3.63. The molecule has 196 valence electrons. The summed E-state index contributed by atoms with van der Waals surface area (Å²) < 4.78 is 3.41. The lowest BCUT2D eigenvalue weighted by molar-refractivity contribution is -0.136. The summed E-state index contributed by atoms with van der Waals surface area (Å²) in [7, 11) is 0. The summed E-state index contributed by atoms with van der Waals surface area (Å²) in [5.41, 5.74) is 1.98. The molecule has 0 spiro atoms. The van der Waals surface area contributed by atoms with Gasteiger partial charge in [0.25, 0.3) is 0 Å². The van der Waals surface area contributed by atoms with Crippen molar-refractivity contribution in [1.29, 1.82) is 0 Å². The van der Waals surface area contributed by atoms with Crippen LogP contribution in [0.4, 0.5) is 11.6 Å². The molecule has 0 radical (unpaired) electrons. The van der Waals surface area contributed by atoms with Crippen molar-refractivity contribution in [3.05, 3.63) is 54.6 Å². The summed E-state index contributed by atoms with van der Waals surface area (Å²) in [6, 6.07) is 7.85. The summed E-state index contributed by atoms with van der Waals surface area (Å²) >= 11 is 0. The molecule has 0 N–H and O–H groups in total. The molecular weight excluding hydrogens is 484 g/mol. The standard InChI is InChI=1S/C25H30N12O/c1-18-13-19(2)37(32-18)22-4-3-21(30-31-22)33-7-5-20(6-8-33)25(38)35-11-9-34(10-12-35)23-14-24(28-16-27-23)36-17-26-15-29-36/h3-4,13-17,20H,5-12H2,1-2H3. The number of rotatable bonds is 5. The van der Waals surface area contributed by atoms with Crippen molar-refractivity contribution >= 4 is 17.5 Å². The smallest absolute Gasteiger partial charge is 0.225 e. The van der Waals surface area contributed by atoms with E-state index in [2.05, 4.69) is 45.1 Å². The number of aromatic nitrogens is 9. The predicted molar refractivity (Wildman–Crippen MR) is 139 cm³/mol. The van der Waals surface area contributed by atoms with E-state index in [1.54, 1.807) is 15.7 Å². The fraction of sp³-hybridized carbons (Fsp3) is 0.440. The summed E-state index contributed by atoms with van der Waals surface area (Å²) in [6.45, 7) is 8.37. The molecule has 6 rings (SSSR count). The molecule has 0 unspecified atom stereocenters. The molecule has 6 heterocycles. The number of carbonyl (C=O) groups excluding carboxylic acids is 1. The van der Waals surface area contributed by atoms with Crippen LogP contribution in [0.5, 0.6) is 0 Å². The largest absolute Gasteiger partial charge is 0.355 e. The Hall–Kier alpha value is -4.42. The van der Waals surface area contributed by atoms with Crippen LogP contribution in [0.1, 0.15) is 24.2 Å². The van der Waals surface area contributed by atoms with Crippen LogP contribution in [0.3, 0.4) is 0 Å². The van der Waals surface area contributed by atoms with Crippen molar-refractivity contribution in [2.75, 3.05) is 49.1 Å². The normalized spacial score (nSPS) is 16.7. The van der Waals surface area contributed by atoms with Crippen molar-refractivity contribution in [2.45, 2.75) is 26.7 Å². The van der Waals surface area contributed by atoms with E-state index in [9.17, 15) is 4.79 Å². The molecule has 0 aliphatic carbocycles. The zero-order chi connectivity index (χ0) is 26.1. The zero-order valence-corrected chi connectivity index (χ0v) is 21.6. The van der Waals surface area contributed by atoms with E-state index in [0.717, 1.165) is 62.0 Å². The van der Waals surface area contributed by atoms with Crippen molar-refractivity contribution in [1.82, 2.24) is 49.6 Å². The van der Waals surface area contributed by atoms with Crippen LogP contribution in [0.2, 0.25) is 0 Å². The van der Waals surface area contributed by atoms with E-state index in [1.165, 1.54) is 12.7 Å². The monoisotopic (exact) mass is 514 g/mol. The highest BCUT2D eigenvalue weighted by molar-refractivity contribution is 5.79. The SMILES string of the molecule is Cc1cc(C)n(-c2ccc(N3CCC(C(=O)N4CCN(c5cc(-n6cncn6)ncn5)CC4)CC3)nn2)n1. The van der Waals surface area contributed by atoms with Gasteiger partial charge in [-0.25, -0.2) is 24.3 Å². The van der Waals surface area contributed by atoms with E-state index in [4.69, 9.17) is 0 Å². The minimum absolute atomic E-state index is 0.0395. The zero-order valence-electron chi connectivity index (χ0n) is 21.6. The van der Waals surface area contributed by atoms with Gasteiger partial charge in [-0.3, -0.25) is 4.79 Å². The van der Waals surface area contributed by atoms with Gasteiger partial charge in [0.1, 0.15) is 24.8 Å². The molecule has 13 nitrogen and oxygen atoms in total. The number of carbonyl (C=O) groups is 1. The summed E-state index contributed by atoms with van der Waals surface area (Å²) in [5.74, 6) is 3.34. The summed E-state index contributed by atoms with van der Waals surface area (Å²) in [6.07, 6.45) is 6.25. The van der Waals surface area contributed by atoms with Gasteiger partial charge in [-0.15, -0.1) is 10.2 Å². The molecule has 0 aromatic carbocycles. The molecule has 2 fully saturated rings. The van der Waals surface area contributed by atoms with E-state index in [1.807, 2.05) is 43.0 Å². The third-order valence-electron chi connectivity index (χ3n) is 7.24. The van der Waals surface area contributed by atoms with Gasteiger partial charge in [0.05, 0.1) is 5.69 Å². The maximum Gasteiger partial charge on any atom is 0.225 e. The van der Waals surface area contributed by atoms with Gasteiger partial charge < -0.3 is 14.7 Å². The molecule has 1 amide bonds. The Bertz CT molecular complexity index is 1380. The van der Waals surface area contributed by atoms with Crippen LogP contribution >= 0.6 is 0 Å². The first-order valence-corrected chi connectivity index (χ1v) is 12.9. The van der Waals surface area contributed by atoms with E-state index in [-0.39, 0.29) is 11.8 Å². The van der Waals surface area contributed by atoms with Crippen LogP contribution in [-0.4, -0.2) is 94.8 Å². The Morgan fingerprint density at radius 1 is 0.816 bits per heavy atom. The van der Waals surface area contributed by atoms with Crippen LogP contribution in [0, 0.1) is 19.8 Å². The van der Waals surface area contributed by atoms with E-state index >= 15 is 0 Å². The Morgan fingerprint density at radius 2 is 1.53 bits per heavy atom. The highest BCUT2D eigenvalue weighted by atomic mass is 16.2. The molecular formula is C25H30N12O. The number of aryl methyl sites for hydroxylation is 2. The number of hydrogen-bond donors (Lipinski definition) is 0. The summed E-state index contributed by atoms with van der Waals surface area (Å²) in [4.78, 5) is 32.4. The Kier molecular flexibility index (Phi) is 6.40. The average molecular weight is 515 g/mol. The Morgan fingerprint density at radius 3 is 2.18 bits per heavy atom. The lowest BCUT2D eigenvalue weighted by atomic mass is 9.95. The topological polar surface area (TPSA) is 127 Å². The fourth-order valence-electron chi connectivity index (χ4n) is 5.19. The van der Waals surface area contributed by atoms with Gasteiger partial charge in [-0.1, -0.05) is 0 Å². The molecule has 38 heavy (non-hydrogen) atoms. The molecule has 2 aliphatic rings. The van der Waals surface area contributed by atoms with Crippen molar-refractivity contribution in [3.63, 3.8) is 0 Å². The van der Waals surface area contributed by atoms with Crippen molar-refractivity contribution in [2.24, 2.45) is 5.92 Å². The molecule has 2 saturated heterocycles. The first-order chi connectivity index (χ1) is 18.5. The maximum absolute atomic E-state index is 13.3. The number of piperidine rings is 1. The number of hydrogen-bond acceptors (Lipinski definition) is 10. The van der Waals surface area contributed by atoms with Crippen LogP contribution < -0.4 is 9.80 Å². The minimum atomic E-state index is 0.0395. The van der Waals surface area contributed by atoms with Crippen LogP contribution in [0.25, 0.3) is 11.6 Å². The van der Waals surface area contributed by atoms with E-state index in [0.29, 0.717) is 24.7 Å². The molecule has 4 aromatic heterocycles. The third-order valence-corrected chi connectivity index (χ3v) is 7.24. The first kappa shape index (κ1) is 23.9. The fourth-order valence-corrected chi connectivity index (χ4v) is 5.19. The molecule has 0 atom stereocenters. The highest BCUT2D eigenvalue weighted by Gasteiger charge is 2.31. The van der Waals surface area contributed by atoms with E-state index < -0.39 is 0 Å². The van der Waals surface area contributed by atoms with Crippen LogP contribution in [0.15, 0.2) is 43.2 Å². The minimum Gasteiger partial charge on any atom is -0.355 e. The predicted octanol–water partition coefficient (Wildman–Crippen LogP) is 1.22. The van der Waals surface area contributed by atoms with Gasteiger partial charge in [0.2, 0.25) is 5.91 Å². The third kappa shape index (κ3) is 4.78. The molecule has 13 heteroatoms. The van der Waals surface area contributed by atoms with Gasteiger partial charge in [-0.05, 0) is 44.9 Å². The van der Waals surface area contributed by atoms with Gasteiger partial charge in [-0.2, -0.15) is 10.2 Å². The van der Waals surface area contributed by atoms with Gasteiger partial charge >= 0.3 is 0 Å². The number of piperazine rings is 1. The van der Waals surface area contributed by atoms with Crippen LogP contribution in [-0.2, 0) is 4.79 Å². The van der Waals surface area contributed by atoms with Crippen molar-refractivity contribution < 1.29 is 4.79 Å². The highest BCUT2D eigenvalue weighted by Crippen LogP contribution is 2.25. The lowest BCUT2D eigenvalue weighted by Gasteiger charge is -2.39. The number of amides is 1. The second-order valence-corrected chi connectivity index (χ2v) is 9.74. The summed E-state index contributed by atoms with van der Waals surface area (Å²) in [5, 5.41) is 17.4. The molecule has 0 saturated carbocycles. The second-order valence-electron chi connectivity index (χ2n) is 9.74. The number of nitrogens with zero attached hydrogens (tertiary/aromatic N) is 12. The quantitative estimate of drug-likeness (QED) is 0.383. The lowest BCUT2D eigenvalue weighted by Crippen LogP contribution is -2.52. The first-order valence-electron chi connectivity index (χ1n) is 12.9. The van der Waals surface area contributed by atoms with Gasteiger partial charge in [0, 0.05) is 56.9 Å². The second kappa shape index (κ2) is 10.1. The Balaban J connectivity index is 1.01. The molecule has 2 aliphatic heterocycles. The van der Waals surface area contributed by atoms with Crippen molar-refractivity contribution in [3.8, 4) is 11.6 Å². The molecule has 0 bridgehead atoms. The maximum atomic E-state index is 13.3.